The van der Waals surface area contributed by atoms with E-state index in [2.05, 4.69) is 50.6 Å². The van der Waals surface area contributed by atoms with Crippen LogP contribution in [-0.4, -0.2) is 25.4 Å². The quantitative estimate of drug-likeness (QED) is 0.810. The van der Waals surface area contributed by atoms with Crippen LogP contribution in [0, 0.1) is 0 Å². The highest BCUT2D eigenvalue weighted by atomic mass is 32.1. The third-order valence-corrected chi connectivity index (χ3v) is 4.35. The van der Waals surface area contributed by atoms with Crippen LogP contribution in [0.3, 0.4) is 0 Å². The van der Waals surface area contributed by atoms with E-state index in [0.29, 0.717) is 5.92 Å². The van der Waals surface area contributed by atoms with Gasteiger partial charge in [-0.25, -0.2) is 0 Å². The third-order valence-electron chi connectivity index (χ3n) is 3.91. The van der Waals surface area contributed by atoms with Gasteiger partial charge in [0.15, 0.2) is 0 Å². The Balaban J connectivity index is 2.51. The summed E-state index contributed by atoms with van der Waals surface area (Å²) in [5.41, 5.74) is 2.84. The number of benzene rings is 1. The number of methoxy groups -OCH3 is 1. The van der Waals surface area contributed by atoms with Crippen LogP contribution < -0.4 is 9.64 Å². The molecule has 0 N–H and O–H groups in total. The molecule has 1 unspecified atom stereocenters. The molecular weight excluding hydrogens is 230 g/mol. The minimum absolute atomic E-state index is 0.173. The van der Waals surface area contributed by atoms with Crippen molar-refractivity contribution in [3.63, 3.8) is 0 Å². The number of rotatable bonds is 2. The zero-order valence-corrected chi connectivity index (χ0v) is 11.9. The van der Waals surface area contributed by atoms with Gasteiger partial charge in [0.25, 0.3) is 0 Å². The molecule has 1 atom stereocenters. The van der Waals surface area contributed by atoms with Crippen molar-refractivity contribution in [2.45, 2.75) is 31.7 Å². The topological polar surface area (TPSA) is 12.5 Å². The molecule has 1 aliphatic heterocycles. The van der Waals surface area contributed by atoms with Crippen LogP contribution in [0.15, 0.2) is 18.2 Å². The number of fused-ring (bicyclic) bond motifs is 1. The minimum atomic E-state index is 0.173. The number of thiol groups is 1. The van der Waals surface area contributed by atoms with Gasteiger partial charge in [-0.3, -0.25) is 0 Å². The molecule has 0 saturated carbocycles. The van der Waals surface area contributed by atoms with Crippen LogP contribution >= 0.6 is 12.6 Å². The van der Waals surface area contributed by atoms with Gasteiger partial charge in [-0.05, 0) is 43.6 Å². The Morgan fingerprint density at radius 1 is 1.47 bits per heavy atom. The highest BCUT2D eigenvalue weighted by Crippen LogP contribution is 2.44. The van der Waals surface area contributed by atoms with Crippen molar-refractivity contribution in [2.75, 3.05) is 24.8 Å². The molecule has 1 aliphatic rings. The Morgan fingerprint density at radius 3 is 2.76 bits per heavy atom. The zero-order chi connectivity index (χ0) is 12.6. The van der Waals surface area contributed by atoms with Gasteiger partial charge in [0.2, 0.25) is 0 Å². The predicted molar refractivity (Wildman–Crippen MR) is 76.7 cm³/mol. The van der Waals surface area contributed by atoms with E-state index in [1.807, 2.05) is 6.07 Å². The second-order valence-corrected chi connectivity index (χ2v) is 5.74. The molecule has 3 heteroatoms. The van der Waals surface area contributed by atoms with E-state index in [0.717, 1.165) is 17.9 Å². The van der Waals surface area contributed by atoms with E-state index in [4.69, 9.17) is 4.74 Å². The molecular formula is C14H21NOS. The molecule has 0 aromatic heterocycles. The maximum atomic E-state index is 5.32. The maximum Gasteiger partial charge on any atom is 0.120 e. The molecule has 0 bridgehead atoms. The van der Waals surface area contributed by atoms with E-state index >= 15 is 0 Å². The number of ether oxygens (including phenoxy) is 1. The number of anilines is 1. The lowest BCUT2D eigenvalue weighted by Crippen LogP contribution is -2.46. The van der Waals surface area contributed by atoms with Crippen molar-refractivity contribution in [2.24, 2.45) is 0 Å². The van der Waals surface area contributed by atoms with Gasteiger partial charge >= 0.3 is 0 Å². The summed E-state index contributed by atoms with van der Waals surface area (Å²) < 4.78 is 5.32. The molecule has 1 aromatic rings. The SMILES string of the molecule is COc1ccc2c(c1)N(C)C(C)(C)CC2CS. The first-order chi connectivity index (χ1) is 7.99. The van der Waals surface area contributed by atoms with Crippen LogP contribution in [0.4, 0.5) is 5.69 Å². The molecule has 94 valence electrons. The molecule has 0 spiro atoms. The maximum absolute atomic E-state index is 5.32. The van der Waals surface area contributed by atoms with E-state index in [1.165, 1.54) is 11.3 Å². The van der Waals surface area contributed by atoms with Crippen molar-refractivity contribution in [1.29, 1.82) is 0 Å². The molecule has 0 amide bonds. The van der Waals surface area contributed by atoms with Gasteiger partial charge in [-0.15, -0.1) is 0 Å². The third kappa shape index (κ3) is 2.13. The summed E-state index contributed by atoms with van der Waals surface area (Å²) in [6, 6.07) is 6.36. The summed E-state index contributed by atoms with van der Waals surface area (Å²) in [4.78, 5) is 2.35. The normalized spacial score (nSPS) is 22.2. The van der Waals surface area contributed by atoms with Crippen LogP contribution in [-0.2, 0) is 0 Å². The summed E-state index contributed by atoms with van der Waals surface area (Å²) in [5, 5.41) is 0. The molecule has 17 heavy (non-hydrogen) atoms. The number of hydrogen-bond donors (Lipinski definition) is 1. The van der Waals surface area contributed by atoms with Crippen molar-refractivity contribution in [1.82, 2.24) is 0 Å². The smallest absolute Gasteiger partial charge is 0.120 e. The van der Waals surface area contributed by atoms with E-state index in [-0.39, 0.29) is 5.54 Å². The highest BCUT2D eigenvalue weighted by molar-refractivity contribution is 7.80. The van der Waals surface area contributed by atoms with E-state index < -0.39 is 0 Å². The lowest BCUT2D eigenvalue weighted by Gasteiger charge is -2.46. The van der Waals surface area contributed by atoms with Gasteiger partial charge in [0.1, 0.15) is 5.75 Å². The fourth-order valence-electron chi connectivity index (χ4n) is 2.63. The van der Waals surface area contributed by atoms with Crippen molar-refractivity contribution in [3.8, 4) is 5.75 Å². The molecule has 2 rings (SSSR count). The molecule has 1 aromatic carbocycles. The largest absolute Gasteiger partial charge is 0.497 e. The van der Waals surface area contributed by atoms with E-state index in [9.17, 15) is 0 Å². The number of hydrogen-bond acceptors (Lipinski definition) is 3. The molecule has 0 aliphatic carbocycles. The van der Waals surface area contributed by atoms with Gasteiger partial charge < -0.3 is 9.64 Å². The lowest BCUT2D eigenvalue weighted by molar-refractivity contribution is 0.392. The molecule has 0 fully saturated rings. The Morgan fingerprint density at radius 2 is 2.18 bits per heavy atom. The standard InChI is InChI=1S/C14H21NOS/c1-14(2)8-10(9-17)12-6-5-11(16-4)7-13(12)15(14)3/h5-7,10,17H,8-9H2,1-4H3. The highest BCUT2D eigenvalue weighted by Gasteiger charge is 2.35. The fraction of sp³-hybridized carbons (Fsp3) is 0.571. The van der Waals surface area contributed by atoms with Gasteiger partial charge in [0.05, 0.1) is 7.11 Å². The van der Waals surface area contributed by atoms with Gasteiger partial charge in [-0.2, -0.15) is 12.6 Å². The summed E-state index contributed by atoms with van der Waals surface area (Å²) in [6.07, 6.45) is 1.15. The number of nitrogens with zero attached hydrogens (tertiary/aromatic N) is 1. The second kappa shape index (κ2) is 4.45. The average molecular weight is 251 g/mol. The Hall–Kier alpha value is -0.830. The first-order valence-corrected chi connectivity index (χ1v) is 6.65. The Bertz CT molecular complexity index is 417. The second-order valence-electron chi connectivity index (χ2n) is 5.38. The summed E-state index contributed by atoms with van der Waals surface area (Å²) >= 11 is 4.49. The van der Waals surface area contributed by atoms with Crippen LogP contribution in [0.5, 0.6) is 5.75 Å². The Kier molecular flexibility index (Phi) is 3.30. The molecule has 0 radical (unpaired) electrons. The van der Waals surface area contributed by atoms with Crippen LogP contribution in [0.25, 0.3) is 0 Å². The average Bonchev–Trinajstić information content (AvgIpc) is 2.33. The van der Waals surface area contributed by atoms with Crippen molar-refractivity contribution < 1.29 is 4.74 Å². The predicted octanol–water partition coefficient (Wildman–Crippen LogP) is 3.33. The lowest BCUT2D eigenvalue weighted by atomic mass is 9.80. The molecule has 1 heterocycles. The molecule has 2 nitrogen and oxygen atoms in total. The van der Waals surface area contributed by atoms with Gasteiger partial charge in [0, 0.05) is 24.3 Å². The zero-order valence-electron chi connectivity index (χ0n) is 11.0. The van der Waals surface area contributed by atoms with Crippen molar-refractivity contribution in [3.05, 3.63) is 23.8 Å². The monoisotopic (exact) mass is 251 g/mol. The van der Waals surface area contributed by atoms with Crippen molar-refractivity contribution >= 4 is 18.3 Å². The summed E-state index contributed by atoms with van der Waals surface area (Å²) in [5.74, 6) is 2.35. The van der Waals surface area contributed by atoms with Crippen LogP contribution in [0.2, 0.25) is 0 Å². The molecule has 0 saturated heterocycles. The summed E-state index contributed by atoms with van der Waals surface area (Å²) in [6.45, 7) is 4.57. The summed E-state index contributed by atoms with van der Waals surface area (Å²) in [7, 11) is 3.87. The first-order valence-electron chi connectivity index (χ1n) is 6.02. The minimum Gasteiger partial charge on any atom is -0.497 e. The van der Waals surface area contributed by atoms with E-state index in [1.54, 1.807) is 7.11 Å². The first kappa shape index (κ1) is 12.6. The Labute approximate surface area is 109 Å². The van der Waals surface area contributed by atoms with Gasteiger partial charge in [-0.1, -0.05) is 6.07 Å². The van der Waals surface area contributed by atoms with Crippen LogP contribution in [0.1, 0.15) is 31.7 Å². The fourth-order valence-corrected chi connectivity index (χ4v) is 2.95.